The Morgan fingerprint density at radius 2 is 2.30 bits per heavy atom. The SMILES string of the molecule is Cl[CH-]Nc1[c-]cccc1.[Y]. The summed E-state index contributed by atoms with van der Waals surface area (Å²) >= 11 is 5.28. The summed E-state index contributed by atoms with van der Waals surface area (Å²) in [5.41, 5.74) is 0.882. The van der Waals surface area contributed by atoms with Crippen LogP contribution in [0.25, 0.3) is 0 Å². The van der Waals surface area contributed by atoms with Crippen molar-refractivity contribution < 1.29 is 32.7 Å². The Bertz CT molecular complexity index is 167. The maximum atomic E-state index is 5.28. The van der Waals surface area contributed by atoms with Gasteiger partial charge in [-0.15, -0.1) is 5.69 Å². The number of anilines is 1. The molecule has 1 N–H and O–H groups in total. The first kappa shape index (κ1) is 10.4. The van der Waals surface area contributed by atoms with Crippen molar-refractivity contribution in [1.82, 2.24) is 0 Å². The van der Waals surface area contributed by atoms with Crippen molar-refractivity contribution in [2.45, 2.75) is 0 Å². The second-order valence-electron chi connectivity index (χ2n) is 1.53. The summed E-state index contributed by atoms with van der Waals surface area (Å²) in [6.07, 6.45) is 0. The molecular formula is C7H6ClNY-2. The van der Waals surface area contributed by atoms with Crippen molar-refractivity contribution in [3.63, 3.8) is 0 Å². The van der Waals surface area contributed by atoms with Crippen LogP contribution in [0.1, 0.15) is 0 Å². The van der Waals surface area contributed by atoms with Crippen molar-refractivity contribution in [2.24, 2.45) is 0 Å². The third kappa shape index (κ3) is 3.55. The van der Waals surface area contributed by atoms with Crippen molar-refractivity contribution in [3.05, 3.63) is 36.3 Å². The molecule has 0 amide bonds. The van der Waals surface area contributed by atoms with Crippen molar-refractivity contribution >= 4 is 17.3 Å². The molecule has 51 valence electrons. The molecule has 0 aliphatic rings. The maximum absolute atomic E-state index is 5.28. The van der Waals surface area contributed by atoms with Gasteiger partial charge >= 0.3 is 0 Å². The number of rotatable bonds is 2. The summed E-state index contributed by atoms with van der Waals surface area (Å²) in [4.78, 5) is 0. The minimum atomic E-state index is 0. The van der Waals surface area contributed by atoms with E-state index in [2.05, 4.69) is 11.4 Å². The Balaban J connectivity index is 0.000000810. The van der Waals surface area contributed by atoms with E-state index in [1.54, 1.807) is 0 Å². The molecule has 0 aromatic heterocycles. The molecule has 0 aliphatic carbocycles. The molecule has 1 aromatic rings. The minimum absolute atomic E-state index is 0. The van der Waals surface area contributed by atoms with E-state index in [0.717, 1.165) is 5.69 Å². The smallest absolute Gasteiger partial charge is 0 e. The number of hydrogen-bond donors (Lipinski definition) is 1. The first-order chi connectivity index (χ1) is 4.43. The molecule has 0 spiro atoms. The summed E-state index contributed by atoms with van der Waals surface area (Å²) in [6.45, 7) is 0. The van der Waals surface area contributed by atoms with Crippen LogP contribution >= 0.6 is 11.6 Å². The summed E-state index contributed by atoms with van der Waals surface area (Å²) in [5.74, 6) is 0. The number of nitrogens with one attached hydrogen (secondary N) is 1. The van der Waals surface area contributed by atoms with Crippen LogP contribution in [0.3, 0.4) is 0 Å². The molecule has 0 saturated heterocycles. The van der Waals surface area contributed by atoms with Gasteiger partial charge in [-0.2, -0.15) is 36.3 Å². The summed E-state index contributed by atoms with van der Waals surface area (Å²) < 4.78 is 0. The molecule has 1 radical (unpaired) electrons. The Labute approximate surface area is 91.0 Å². The number of benzene rings is 1. The van der Waals surface area contributed by atoms with Gasteiger partial charge in [0.1, 0.15) is 0 Å². The molecule has 1 nitrogen and oxygen atoms in total. The Morgan fingerprint density at radius 1 is 1.50 bits per heavy atom. The summed E-state index contributed by atoms with van der Waals surface area (Å²) in [7, 11) is 0. The molecule has 10 heavy (non-hydrogen) atoms. The van der Waals surface area contributed by atoms with E-state index in [9.17, 15) is 0 Å². The Kier molecular flexibility index (Phi) is 6.40. The Morgan fingerprint density at radius 3 is 2.80 bits per heavy atom. The number of para-hydroxylation sites is 1. The van der Waals surface area contributed by atoms with E-state index in [0.29, 0.717) is 0 Å². The van der Waals surface area contributed by atoms with Crippen LogP contribution in [-0.4, -0.2) is 0 Å². The van der Waals surface area contributed by atoms with E-state index < -0.39 is 0 Å². The van der Waals surface area contributed by atoms with E-state index in [1.807, 2.05) is 24.3 Å². The molecule has 3 heteroatoms. The minimum Gasteiger partial charge on any atom is -0.541 e. The molecule has 0 atom stereocenters. The molecular weight excluding hydrogens is 222 g/mol. The van der Waals surface area contributed by atoms with Gasteiger partial charge < -0.3 is 16.9 Å². The molecule has 0 unspecified atom stereocenters. The fourth-order valence-electron chi connectivity index (χ4n) is 0.542. The van der Waals surface area contributed by atoms with Crippen LogP contribution < -0.4 is 5.32 Å². The normalized spacial score (nSPS) is 8.10. The maximum Gasteiger partial charge on any atom is 0 e. The zero-order valence-corrected chi connectivity index (χ0v) is 8.94. The van der Waals surface area contributed by atoms with E-state index in [-0.39, 0.29) is 32.7 Å². The van der Waals surface area contributed by atoms with Gasteiger partial charge in [0.25, 0.3) is 0 Å². The zero-order chi connectivity index (χ0) is 6.53. The average Bonchev–Trinajstić information content (AvgIpc) is 1.91. The van der Waals surface area contributed by atoms with E-state index in [4.69, 9.17) is 11.6 Å². The first-order valence-electron chi connectivity index (χ1n) is 2.58. The van der Waals surface area contributed by atoms with Gasteiger partial charge in [-0.25, -0.2) is 0 Å². The van der Waals surface area contributed by atoms with Gasteiger partial charge in [-0.3, -0.25) is 0 Å². The standard InChI is InChI=1S/C7H6ClN.Y/c8-6-9-7-4-2-1-3-5-7;/h1-4,6,9H;/q-2;. The second kappa shape index (κ2) is 6.15. The molecule has 0 heterocycles. The third-order valence-electron chi connectivity index (χ3n) is 0.919. The number of hydrogen-bond acceptors (Lipinski definition) is 1. The van der Waals surface area contributed by atoms with Gasteiger partial charge in [-0.05, 0) is 0 Å². The topological polar surface area (TPSA) is 12.0 Å². The fourth-order valence-corrected chi connectivity index (χ4v) is 0.659. The van der Waals surface area contributed by atoms with Gasteiger partial charge in [0.05, 0.1) is 0 Å². The van der Waals surface area contributed by atoms with Crippen molar-refractivity contribution in [2.75, 3.05) is 5.32 Å². The molecule has 0 saturated carbocycles. The molecule has 1 rings (SSSR count). The second-order valence-corrected chi connectivity index (χ2v) is 1.75. The predicted octanol–water partition coefficient (Wildman–Crippen LogP) is 2.25. The first-order valence-corrected chi connectivity index (χ1v) is 3.02. The van der Waals surface area contributed by atoms with Crippen LogP contribution in [0.5, 0.6) is 0 Å². The Hall–Kier alpha value is 0.414. The van der Waals surface area contributed by atoms with Crippen LogP contribution in [0.15, 0.2) is 24.3 Å². The predicted molar refractivity (Wildman–Crippen MR) is 39.1 cm³/mol. The largest absolute Gasteiger partial charge is 0.541 e. The average molecular weight is 228 g/mol. The van der Waals surface area contributed by atoms with Crippen molar-refractivity contribution in [3.8, 4) is 0 Å². The van der Waals surface area contributed by atoms with Crippen LogP contribution in [0.2, 0.25) is 0 Å². The summed E-state index contributed by atoms with van der Waals surface area (Å²) in [6, 6.07) is 11.8. The zero-order valence-electron chi connectivity index (χ0n) is 5.34. The summed E-state index contributed by atoms with van der Waals surface area (Å²) in [5, 5.41) is 2.79. The number of halogens is 1. The molecule has 1 aromatic carbocycles. The van der Waals surface area contributed by atoms with Crippen molar-refractivity contribution in [1.29, 1.82) is 0 Å². The van der Waals surface area contributed by atoms with Crippen LogP contribution in [0, 0.1) is 12.1 Å². The van der Waals surface area contributed by atoms with Gasteiger partial charge in [-0.1, -0.05) is 0 Å². The molecule has 0 aliphatic heterocycles. The molecule has 0 fully saturated rings. The van der Waals surface area contributed by atoms with Gasteiger partial charge in [0, 0.05) is 32.7 Å². The quantitative estimate of drug-likeness (QED) is 0.605. The van der Waals surface area contributed by atoms with Crippen LogP contribution in [0.4, 0.5) is 5.69 Å². The van der Waals surface area contributed by atoms with Crippen LogP contribution in [-0.2, 0) is 32.7 Å². The van der Waals surface area contributed by atoms with E-state index in [1.165, 1.54) is 6.00 Å². The third-order valence-corrected chi connectivity index (χ3v) is 1.03. The monoisotopic (exact) mass is 228 g/mol. The van der Waals surface area contributed by atoms with E-state index >= 15 is 0 Å². The fraction of sp³-hybridized carbons (Fsp3) is 0. The molecule has 0 bridgehead atoms. The van der Waals surface area contributed by atoms with Gasteiger partial charge in [0.2, 0.25) is 0 Å². The van der Waals surface area contributed by atoms with Gasteiger partial charge in [0.15, 0.2) is 0 Å².